The van der Waals surface area contributed by atoms with Gasteiger partial charge in [0.2, 0.25) is 0 Å². The summed E-state index contributed by atoms with van der Waals surface area (Å²) in [5.74, 6) is -0.244. The summed E-state index contributed by atoms with van der Waals surface area (Å²) >= 11 is 0. The summed E-state index contributed by atoms with van der Waals surface area (Å²) in [6.45, 7) is 0. The van der Waals surface area contributed by atoms with Crippen LogP contribution in [-0.4, -0.2) is 5.91 Å². The molecule has 0 atom stereocenters. The number of nitrogens with zero attached hydrogens (tertiary/aromatic N) is 2. The van der Waals surface area contributed by atoms with Crippen molar-refractivity contribution in [1.29, 1.82) is 0 Å². The Balaban J connectivity index is 1.75. The molecule has 0 bridgehead atoms. The summed E-state index contributed by atoms with van der Waals surface area (Å²) in [6, 6.07) is 15.8. The Morgan fingerprint density at radius 2 is 1.83 bits per heavy atom. The largest absolute Gasteiger partial charge is 0.297 e. The first kappa shape index (κ1) is 10.8. The second-order valence-electron chi connectivity index (χ2n) is 4.18. The fourth-order valence-corrected chi connectivity index (χ4v) is 1.95. The molecular formula is C15H11N2O. The Hall–Kier alpha value is -2.29. The molecule has 1 aliphatic heterocycles. The van der Waals surface area contributed by atoms with E-state index in [1.807, 2.05) is 36.4 Å². The molecule has 3 heteroatoms. The van der Waals surface area contributed by atoms with Crippen molar-refractivity contribution in [3.8, 4) is 0 Å². The van der Waals surface area contributed by atoms with Gasteiger partial charge in [0, 0.05) is 0 Å². The molecule has 0 saturated carbocycles. The molecule has 1 radical (unpaired) electrons. The highest BCUT2D eigenvalue weighted by Gasteiger charge is 2.17. The molecule has 3 nitrogen and oxygen atoms in total. The van der Waals surface area contributed by atoms with E-state index in [9.17, 15) is 4.79 Å². The Kier molecular flexibility index (Phi) is 2.73. The maximum absolute atomic E-state index is 11.4. The fourth-order valence-electron chi connectivity index (χ4n) is 1.95. The van der Waals surface area contributed by atoms with E-state index in [0.717, 1.165) is 12.0 Å². The molecule has 2 aromatic carbocycles. The summed E-state index contributed by atoms with van der Waals surface area (Å²) in [5, 5.41) is 7.34. The Labute approximate surface area is 105 Å². The van der Waals surface area contributed by atoms with Crippen molar-refractivity contribution in [1.82, 2.24) is 0 Å². The van der Waals surface area contributed by atoms with Crippen LogP contribution >= 0.6 is 0 Å². The van der Waals surface area contributed by atoms with E-state index in [-0.39, 0.29) is 5.91 Å². The van der Waals surface area contributed by atoms with Gasteiger partial charge in [-0.1, -0.05) is 36.4 Å². The third-order valence-electron chi connectivity index (χ3n) is 2.91. The van der Waals surface area contributed by atoms with Crippen molar-refractivity contribution in [3.05, 3.63) is 71.6 Å². The zero-order chi connectivity index (χ0) is 12.4. The highest BCUT2D eigenvalue weighted by molar-refractivity contribution is 6.01. The number of hydrogen-bond acceptors (Lipinski definition) is 2. The smallest absolute Gasteiger partial charge is 0.265 e. The molecule has 1 aliphatic rings. The molecule has 0 saturated heterocycles. The maximum atomic E-state index is 11.4. The Morgan fingerprint density at radius 3 is 2.67 bits per heavy atom. The van der Waals surface area contributed by atoms with Gasteiger partial charge in [0.05, 0.1) is 11.3 Å². The van der Waals surface area contributed by atoms with Crippen LogP contribution in [0.1, 0.15) is 21.5 Å². The molecular weight excluding hydrogens is 224 g/mol. The number of carbonyl (C=O) groups is 1. The van der Waals surface area contributed by atoms with Gasteiger partial charge in [-0.25, -0.2) is 0 Å². The van der Waals surface area contributed by atoms with Gasteiger partial charge in [0.1, 0.15) is 0 Å². The molecule has 0 aliphatic carbocycles. The molecule has 0 aromatic heterocycles. The lowest BCUT2D eigenvalue weighted by Gasteiger charge is -2.03. The summed E-state index contributed by atoms with van der Waals surface area (Å²) in [6.07, 6.45) is 2.93. The van der Waals surface area contributed by atoms with Gasteiger partial charge in [-0.05, 0) is 36.1 Å². The highest BCUT2D eigenvalue weighted by atomic mass is 16.2. The first-order valence-electron chi connectivity index (χ1n) is 5.80. The number of rotatable bonds is 3. The van der Waals surface area contributed by atoms with E-state index >= 15 is 0 Å². The van der Waals surface area contributed by atoms with E-state index in [2.05, 4.69) is 28.8 Å². The van der Waals surface area contributed by atoms with E-state index < -0.39 is 0 Å². The van der Waals surface area contributed by atoms with Gasteiger partial charge in [0.25, 0.3) is 5.91 Å². The van der Waals surface area contributed by atoms with Crippen molar-refractivity contribution < 1.29 is 4.79 Å². The van der Waals surface area contributed by atoms with Crippen LogP contribution in [0, 0.1) is 6.42 Å². The van der Waals surface area contributed by atoms with Crippen LogP contribution < -0.4 is 0 Å². The molecule has 1 heterocycles. The molecule has 0 fully saturated rings. The minimum atomic E-state index is -0.244. The van der Waals surface area contributed by atoms with Crippen LogP contribution in [0.4, 0.5) is 5.69 Å². The van der Waals surface area contributed by atoms with E-state index in [0.29, 0.717) is 11.3 Å². The molecule has 18 heavy (non-hydrogen) atoms. The summed E-state index contributed by atoms with van der Waals surface area (Å²) in [5.41, 5.74) is 3.55. The molecule has 0 spiro atoms. The second-order valence-corrected chi connectivity index (χ2v) is 4.18. The van der Waals surface area contributed by atoms with Crippen molar-refractivity contribution in [2.24, 2.45) is 10.2 Å². The SMILES string of the molecule is O=C1N=Nc2ccc(C[CH]c3ccccc3)cc21. The van der Waals surface area contributed by atoms with Gasteiger partial charge in [0.15, 0.2) is 0 Å². The van der Waals surface area contributed by atoms with Crippen LogP contribution in [0.3, 0.4) is 0 Å². The van der Waals surface area contributed by atoms with Crippen LogP contribution in [0.5, 0.6) is 0 Å². The molecule has 3 rings (SSSR count). The summed E-state index contributed by atoms with van der Waals surface area (Å²) in [7, 11) is 0. The maximum Gasteiger partial charge on any atom is 0.297 e. The minimum Gasteiger partial charge on any atom is -0.265 e. The first-order chi connectivity index (χ1) is 8.83. The minimum absolute atomic E-state index is 0.244. The van der Waals surface area contributed by atoms with E-state index in [4.69, 9.17) is 0 Å². The fraction of sp³-hybridized carbons (Fsp3) is 0.0667. The van der Waals surface area contributed by atoms with Crippen LogP contribution in [0.15, 0.2) is 58.8 Å². The van der Waals surface area contributed by atoms with Gasteiger partial charge >= 0.3 is 0 Å². The van der Waals surface area contributed by atoms with Gasteiger partial charge in [-0.3, -0.25) is 4.79 Å². The predicted octanol–water partition coefficient (Wildman–Crippen LogP) is 3.72. The van der Waals surface area contributed by atoms with Crippen LogP contribution in [0.25, 0.3) is 0 Å². The van der Waals surface area contributed by atoms with Crippen molar-refractivity contribution >= 4 is 11.6 Å². The normalized spacial score (nSPS) is 12.8. The quantitative estimate of drug-likeness (QED) is 0.799. The van der Waals surface area contributed by atoms with Gasteiger partial charge in [-0.2, -0.15) is 0 Å². The molecule has 2 aromatic rings. The number of carbonyl (C=O) groups excluding carboxylic acids is 1. The second kappa shape index (κ2) is 4.53. The van der Waals surface area contributed by atoms with E-state index in [1.165, 1.54) is 5.56 Å². The standard InChI is InChI=1S/C15H11N2O/c18-15-13-10-12(8-9-14(13)16-17-15)7-6-11-4-2-1-3-5-11/h1-6,8-10H,7H2. The van der Waals surface area contributed by atoms with Gasteiger partial charge in [-0.15, -0.1) is 10.2 Å². The third-order valence-corrected chi connectivity index (χ3v) is 2.91. The van der Waals surface area contributed by atoms with Gasteiger partial charge < -0.3 is 0 Å². The number of hydrogen-bond donors (Lipinski definition) is 0. The Bertz CT molecular complexity index is 618. The molecule has 0 N–H and O–H groups in total. The highest BCUT2D eigenvalue weighted by Crippen LogP contribution is 2.27. The zero-order valence-electron chi connectivity index (χ0n) is 9.71. The number of benzene rings is 2. The number of azo groups is 1. The van der Waals surface area contributed by atoms with Crippen molar-refractivity contribution in [3.63, 3.8) is 0 Å². The number of fused-ring (bicyclic) bond motifs is 1. The Morgan fingerprint density at radius 1 is 1.00 bits per heavy atom. The lowest BCUT2D eigenvalue weighted by molar-refractivity contribution is 0.100. The zero-order valence-corrected chi connectivity index (χ0v) is 9.71. The molecule has 0 unspecified atom stereocenters. The lowest BCUT2D eigenvalue weighted by Crippen LogP contribution is -1.93. The average Bonchev–Trinajstić information content (AvgIpc) is 2.79. The molecule has 87 valence electrons. The number of amides is 1. The van der Waals surface area contributed by atoms with Crippen molar-refractivity contribution in [2.45, 2.75) is 6.42 Å². The first-order valence-corrected chi connectivity index (χ1v) is 5.80. The monoisotopic (exact) mass is 235 g/mol. The lowest BCUT2D eigenvalue weighted by atomic mass is 10.0. The summed E-state index contributed by atoms with van der Waals surface area (Å²) < 4.78 is 0. The summed E-state index contributed by atoms with van der Waals surface area (Å²) in [4.78, 5) is 11.4. The van der Waals surface area contributed by atoms with Crippen LogP contribution in [-0.2, 0) is 6.42 Å². The van der Waals surface area contributed by atoms with E-state index in [1.54, 1.807) is 0 Å². The topological polar surface area (TPSA) is 41.8 Å². The third kappa shape index (κ3) is 2.07. The van der Waals surface area contributed by atoms with Crippen LogP contribution in [0.2, 0.25) is 0 Å². The molecule has 1 amide bonds. The average molecular weight is 235 g/mol. The predicted molar refractivity (Wildman–Crippen MR) is 68.8 cm³/mol. The van der Waals surface area contributed by atoms with Crippen molar-refractivity contribution in [2.75, 3.05) is 0 Å².